The van der Waals surface area contributed by atoms with Gasteiger partial charge in [0.05, 0.1) is 5.52 Å². The first-order chi connectivity index (χ1) is 15.0. The number of rotatable bonds is 5. The first-order valence-electron chi connectivity index (χ1n) is 11.2. The highest BCUT2D eigenvalue weighted by Gasteiger charge is 2.44. The van der Waals surface area contributed by atoms with E-state index in [4.69, 9.17) is 0 Å². The van der Waals surface area contributed by atoms with E-state index in [2.05, 4.69) is 23.0 Å². The number of benzene rings is 1. The van der Waals surface area contributed by atoms with Gasteiger partial charge in [-0.15, -0.1) is 0 Å². The van der Waals surface area contributed by atoms with Crippen LogP contribution in [-0.2, 0) is 11.2 Å². The number of aromatic nitrogens is 2. The van der Waals surface area contributed by atoms with E-state index >= 15 is 0 Å². The second-order valence-corrected chi connectivity index (χ2v) is 9.47. The van der Waals surface area contributed by atoms with E-state index in [1.165, 1.54) is 17.7 Å². The van der Waals surface area contributed by atoms with Crippen LogP contribution < -0.4 is 5.56 Å². The number of hydrogen-bond donors (Lipinski definition) is 1. The Bertz CT molecular complexity index is 1150. The monoisotopic (exact) mass is 418 g/mol. The summed E-state index contributed by atoms with van der Waals surface area (Å²) in [4.78, 5) is 31.1. The average molecular weight is 419 g/mol. The van der Waals surface area contributed by atoms with Gasteiger partial charge in [0.15, 0.2) is 0 Å². The average Bonchev–Trinajstić information content (AvgIpc) is 3.33. The zero-order valence-corrected chi connectivity index (χ0v) is 17.7. The third kappa shape index (κ3) is 3.93. The van der Waals surface area contributed by atoms with Crippen LogP contribution in [0.3, 0.4) is 0 Å². The van der Waals surface area contributed by atoms with Crippen molar-refractivity contribution >= 4 is 16.7 Å². The molecule has 0 aliphatic heterocycles. The van der Waals surface area contributed by atoms with Crippen LogP contribution in [0.25, 0.3) is 10.9 Å². The molecule has 1 aromatic carbocycles. The molecule has 0 radical (unpaired) electrons. The van der Waals surface area contributed by atoms with Crippen LogP contribution >= 0.6 is 0 Å². The van der Waals surface area contributed by atoms with Crippen LogP contribution in [0, 0.1) is 29.5 Å². The molecule has 2 aliphatic rings. The zero-order valence-electron chi connectivity index (χ0n) is 17.7. The third-order valence-electron chi connectivity index (χ3n) is 7.67. The van der Waals surface area contributed by atoms with Crippen molar-refractivity contribution in [3.63, 3.8) is 0 Å². The first-order valence-corrected chi connectivity index (χ1v) is 11.2. The molecule has 3 unspecified atom stereocenters. The number of hydrogen-bond acceptors (Lipinski definition) is 3. The molecule has 0 saturated heterocycles. The molecule has 0 bridgehead atoms. The highest BCUT2D eigenvalue weighted by Crippen LogP contribution is 2.54. The molecular formula is C26H27FN2O2. The molecule has 4 nitrogen and oxygen atoms in total. The minimum Gasteiger partial charge on any atom is -0.329 e. The largest absolute Gasteiger partial charge is 0.329 e. The summed E-state index contributed by atoms with van der Waals surface area (Å²) in [5, 5.41) is 0.938. The molecule has 0 amide bonds. The number of H-pyrrole nitrogens is 1. The van der Waals surface area contributed by atoms with Gasteiger partial charge in [-0.2, -0.15) is 0 Å². The van der Waals surface area contributed by atoms with Crippen LogP contribution in [0.15, 0.2) is 53.6 Å². The van der Waals surface area contributed by atoms with Crippen molar-refractivity contribution in [3.05, 3.63) is 76.1 Å². The summed E-state index contributed by atoms with van der Waals surface area (Å²) in [5.74, 6) is 2.21. The summed E-state index contributed by atoms with van der Waals surface area (Å²) in [5.41, 5.74) is 2.80. The van der Waals surface area contributed by atoms with E-state index in [1.807, 2.05) is 6.20 Å². The number of halogens is 1. The van der Waals surface area contributed by atoms with Gasteiger partial charge in [0.25, 0.3) is 0 Å². The van der Waals surface area contributed by atoms with Crippen molar-refractivity contribution in [1.82, 2.24) is 9.97 Å². The minimum absolute atomic E-state index is 0.0341. The molecule has 2 fully saturated rings. The van der Waals surface area contributed by atoms with E-state index in [-0.39, 0.29) is 23.1 Å². The first kappa shape index (κ1) is 20.1. The molecule has 2 aromatic heterocycles. The molecule has 1 N–H and O–H groups in total. The molecule has 31 heavy (non-hydrogen) atoms. The number of carbonyl (C=O) groups is 1. The molecule has 5 heteroatoms. The van der Waals surface area contributed by atoms with Crippen LogP contribution in [-0.4, -0.2) is 15.8 Å². The number of fused-ring (bicyclic) bond motifs is 2. The van der Waals surface area contributed by atoms with E-state index in [1.54, 1.807) is 24.4 Å². The van der Waals surface area contributed by atoms with E-state index in [0.717, 1.165) is 42.1 Å². The Labute approximate surface area is 180 Å². The molecule has 5 atom stereocenters. The lowest BCUT2D eigenvalue weighted by atomic mass is 9.83. The van der Waals surface area contributed by atoms with Gasteiger partial charge in [0.1, 0.15) is 11.6 Å². The predicted octanol–water partition coefficient (Wildman–Crippen LogP) is 5.03. The molecule has 0 spiro atoms. The number of Topliss-reactive ketones (excluding diaryl/α,β-unsaturated/α-hetero) is 1. The molecule has 160 valence electrons. The SMILES string of the molecule is CC(C(=O)Cc1ccc(=O)[nH]c1)C1C[C@H]2CC(c3ccnc4ccc(F)cc34)C[C@H]2C1. The van der Waals surface area contributed by atoms with Crippen LogP contribution in [0.4, 0.5) is 4.39 Å². The van der Waals surface area contributed by atoms with Gasteiger partial charge in [0, 0.05) is 36.2 Å². The lowest BCUT2D eigenvalue weighted by molar-refractivity contribution is -0.123. The maximum atomic E-state index is 13.8. The topological polar surface area (TPSA) is 62.8 Å². The number of pyridine rings is 2. The standard InChI is InChI=1S/C26H27FN2O2/c1-15(25(30)8-16-2-5-26(31)29-14-16)17-9-18-11-20(12-19(18)10-17)22-6-7-28-24-4-3-21(27)13-23(22)24/h2-7,13-15,17-20H,8-12H2,1H3,(H,29,31)/t15?,17?,18-,19+,20?. The maximum absolute atomic E-state index is 13.8. The fraction of sp³-hybridized carbons (Fsp3) is 0.423. The molecule has 2 aliphatic carbocycles. The Kier molecular flexibility index (Phi) is 5.20. The Morgan fingerprint density at radius 2 is 1.90 bits per heavy atom. The summed E-state index contributed by atoms with van der Waals surface area (Å²) in [7, 11) is 0. The number of nitrogens with zero attached hydrogens (tertiary/aromatic N) is 1. The second kappa shape index (κ2) is 8.03. The van der Waals surface area contributed by atoms with Crippen LogP contribution in [0.1, 0.15) is 49.7 Å². The van der Waals surface area contributed by atoms with Gasteiger partial charge in [-0.05, 0) is 84.7 Å². The zero-order chi connectivity index (χ0) is 21.5. The second-order valence-electron chi connectivity index (χ2n) is 9.47. The van der Waals surface area contributed by atoms with Crippen LogP contribution in [0.5, 0.6) is 0 Å². The van der Waals surface area contributed by atoms with Gasteiger partial charge in [-0.3, -0.25) is 14.6 Å². The smallest absolute Gasteiger partial charge is 0.247 e. The Morgan fingerprint density at radius 3 is 2.61 bits per heavy atom. The summed E-state index contributed by atoms with van der Waals surface area (Å²) in [6.07, 6.45) is 8.26. The predicted molar refractivity (Wildman–Crippen MR) is 118 cm³/mol. The summed E-state index contributed by atoms with van der Waals surface area (Å²) < 4.78 is 13.8. The van der Waals surface area contributed by atoms with Gasteiger partial charge >= 0.3 is 0 Å². The lowest BCUT2D eigenvalue weighted by Gasteiger charge is -2.21. The summed E-state index contributed by atoms with van der Waals surface area (Å²) >= 11 is 0. The van der Waals surface area contributed by atoms with E-state index < -0.39 is 0 Å². The number of carbonyl (C=O) groups excluding carboxylic acids is 1. The number of nitrogens with one attached hydrogen (secondary N) is 1. The van der Waals surface area contributed by atoms with Gasteiger partial charge in [0.2, 0.25) is 5.56 Å². The molecule has 3 aromatic rings. The minimum atomic E-state index is -0.213. The molecule has 2 saturated carbocycles. The highest BCUT2D eigenvalue weighted by atomic mass is 19.1. The van der Waals surface area contributed by atoms with Gasteiger partial charge < -0.3 is 4.98 Å². The number of ketones is 1. The van der Waals surface area contributed by atoms with Crippen LogP contribution in [0.2, 0.25) is 0 Å². The maximum Gasteiger partial charge on any atom is 0.247 e. The van der Waals surface area contributed by atoms with Crippen molar-refractivity contribution in [1.29, 1.82) is 0 Å². The fourth-order valence-electron chi connectivity index (χ4n) is 6.00. The van der Waals surface area contributed by atoms with Crippen molar-refractivity contribution in [2.75, 3.05) is 0 Å². The van der Waals surface area contributed by atoms with E-state index in [9.17, 15) is 14.0 Å². The Morgan fingerprint density at radius 1 is 1.13 bits per heavy atom. The Hall–Kier alpha value is -2.82. The summed E-state index contributed by atoms with van der Waals surface area (Å²) in [6.45, 7) is 2.07. The van der Waals surface area contributed by atoms with E-state index in [0.29, 0.717) is 30.1 Å². The summed E-state index contributed by atoms with van der Waals surface area (Å²) in [6, 6.07) is 10.1. The molecule has 5 rings (SSSR count). The quantitative estimate of drug-likeness (QED) is 0.632. The highest BCUT2D eigenvalue weighted by molar-refractivity contribution is 5.83. The van der Waals surface area contributed by atoms with Crippen molar-refractivity contribution in [2.24, 2.45) is 23.7 Å². The van der Waals surface area contributed by atoms with Gasteiger partial charge in [-0.25, -0.2) is 4.39 Å². The lowest BCUT2D eigenvalue weighted by Crippen LogP contribution is -2.22. The van der Waals surface area contributed by atoms with Crippen molar-refractivity contribution in [2.45, 2.75) is 44.9 Å². The van der Waals surface area contributed by atoms with Crippen molar-refractivity contribution < 1.29 is 9.18 Å². The third-order valence-corrected chi connectivity index (χ3v) is 7.67. The Balaban J connectivity index is 1.25. The van der Waals surface area contributed by atoms with Crippen molar-refractivity contribution in [3.8, 4) is 0 Å². The molecular weight excluding hydrogens is 391 g/mol. The fourth-order valence-corrected chi connectivity index (χ4v) is 6.00. The number of aromatic amines is 1. The van der Waals surface area contributed by atoms with Gasteiger partial charge in [-0.1, -0.05) is 13.0 Å². The normalized spacial score (nSPS) is 26.1. The molecule has 2 heterocycles.